The van der Waals surface area contributed by atoms with Gasteiger partial charge in [-0.1, -0.05) is 13.8 Å². The first-order chi connectivity index (χ1) is 8.85. The molecule has 7 heteroatoms. The lowest BCUT2D eigenvalue weighted by atomic mass is 10.0. The maximum atomic E-state index is 13.3. The van der Waals surface area contributed by atoms with Gasteiger partial charge in [-0.25, -0.2) is 4.39 Å². The summed E-state index contributed by atoms with van der Waals surface area (Å²) >= 11 is 3.02. The van der Waals surface area contributed by atoms with Crippen LogP contribution in [0.5, 0.6) is 0 Å². The topological polar surface area (TPSA) is 81.2 Å². The smallest absolute Gasteiger partial charge is 0.295 e. The number of nitrogens with one attached hydrogen (secondary N) is 1. The summed E-state index contributed by atoms with van der Waals surface area (Å²) in [6, 6.07) is 2.18. The molecule has 0 bridgehead atoms. The van der Waals surface area contributed by atoms with E-state index in [1.807, 2.05) is 13.8 Å². The van der Waals surface area contributed by atoms with Gasteiger partial charge in [-0.3, -0.25) is 10.1 Å². The number of benzene rings is 1. The van der Waals surface area contributed by atoms with Crippen LogP contribution in [0.1, 0.15) is 20.3 Å². The van der Waals surface area contributed by atoms with E-state index in [1.54, 1.807) is 0 Å². The van der Waals surface area contributed by atoms with Gasteiger partial charge >= 0.3 is 0 Å². The van der Waals surface area contributed by atoms with Gasteiger partial charge in [-0.15, -0.1) is 0 Å². The number of nitrogens with zero attached hydrogens (tertiary/aromatic N) is 1. The average molecular weight is 334 g/mol. The Bertz CT molecular complexity index is 469. The zero-order valence-corrected chi connectivity index (χ0v) is 12.4. The predicted octanol–water partition coefficient (Wildman–Crippen LogP) is 3.28. The molecule has 19 heavy (non-hydrogen) atoms. The van der Waals surface area contributed by atoms with Gasteiger partial charge in [0.05, 0.1) is 15.5 Å². The Labute approximate surface area is 119 Å². The van der Waals surface area contributed by atoms with Crippen LogP contribution in [-0.2, 0) is 0 Å². The first kappa shape index (κ1) is 15.8. The number of nitro benzene ring substituents is 1. The molecule has 1 aromatic carbocycles. The van der Waals surface area contributed by atoms with E-state index in [1.165, 1.54) is 6.07 Å². The Kier molecular flexibility index (Phi) is 5.68. The lowest BCUT2D eigenvalue weighted by Gasteiger charge is -2.20. The molecule has 3 N–H and O–H groups in total. The molecule has 0 aliphatic carbocycles. The maximum Gasteiger partial charge on any atom is 0.295 e. The monoisotopic (exact) mass is 333 g/mol. The highest BCUT2D eigenvalue weighted by atomic mass is 79.9. The summed E-state index contributed by atoms with van der Waals surface area (Å²) in [4.78, 5) is 10.3. The Hall–Kier alpha value is -1.21. The number of halogens is 2. The molecular weight excluding hydrogens is 317 g/mol. The number of rotatable bonds is 6. The molecular formula is C12H17BrFN3O2. The number of hydrogen-bond acceptors (Lipinski definition) is 4. The van der Waals surface area contributed by atoms with Crippen LogP contribution in [0.2, 0.25) is 0 Å². The number of hydrogen-bond donors (Lipinski definition) is 2. The van der Waals surface area contributed by atoms with Crippen molar-refractivity contribution in [1.29, 1.82) is 0 Å². The summed E-state index contributed by atoms with van der Waals surface area (Å²) in [5.74, 6) is -0.255. The van der Waals surface area contributed by atoms with Gasteiger partial charge in [0.1, 0.15) is 11.5 Å². The SMILES string of the molecule is CC(C)CC(CN)Nc1cc(Br)c(F)cc1[N+](=O)[O-]. The van der Waals surface area contributed by atoms with Crippen molar-refractivity contribution >= 4 is 27.3 Å². The van der Waals surface area contributed by atoms with Crippen molar-refractivity contribution in [3.05, 3.63) is 32.5 Å². The molecule has 0 saturated carbocycles. The van der Waals surface area contributed by atoms with Gasteiger partial charge in [0.15, 0.2) is 0 Å². The van der Waals surface area contributed by atoms with Crippen LogP contribution in [0.4, 0.5) is 15.8 Å². The van der Waals surface area contributed by atoms with Crippen LogP contribution < -0.4 is 11.1 Å². The minimum absolute atomic E-state index is 0.0870. The van der Waals surface area contributed by atoms with Crippen molar-refractivity contribution in [3.8, 4) is 0 Å². The third kappa shape index (κ3) is 4.43. The molecule has 0 saturated heterocycles. The summed E-state index contributed by atoms with van der Waals surface area (Å²) in [6.45, 7) is 4.43. The molecule has 1 rings (SSSR count). The first-order valence-electron chi connectivity index (χ1n) is 5.95. The largest absolute Gasteiger partial charge is 0.375 e. The molecule has 0 spiro atoms. The van der Waals surface area contributed by atoms with E-state index in [0.29, 0.717) is 12.5 Å². The summed E-state index contributed by atoms with van der Waals surface area (Å²) in [5.41, 5.74) is 5.63. The summed E-state index contributed by atoms with van der Waals surface area (Å²) in [7, 11) is 0. The third-order valence-electron chi connectivity index (χ3n) is 2.64. The molecule has 0 aliphatic rings. The van der Waals surface area contributed by atoms with Gasteiger partial charge in [0.25, 0.3) is 5.69 Å². The second-order valence-electron chi connectivity index (χ2n) is 4.75. The van der Waals surface area contributed by atoms with Crippen LogP contribution in [0.3, 0.4) is 0 Å². The Morgan fingerprint density at radius 1 is 1.53 bits per heavy atom. The van der Waals surface area contributed by atoms with Crippen molar-refractivity contribution in [2.45, 2.75) is 26.3 Å². The van der Waals surface area contributed by atoms with E-state index in [2.05, 4.69) is 21.2 Å². The molecule has 1 aromatic rings. The van der Waals surface area contributed by atoms with Crippen LogP contribution in [0.25, 0.3) is 0 Å². The average Bonchev–Trinajstić information content (AvgIpc) is 2.31. The Balaban J connectivity index is 3.04. The van der Waals surface area contributed by atoms with E-state index in [4.69, 9.17) is 5.73 Å². The number of anilines is 1. The lowest BCUT2D eigenvalue weighted by molar-refractivity contribution is -0.384. The van der Waals surface area contributed by atoms with Crippen molar-refractivity contribution in [3.63, 3.8) is 0 Å². The normalized spacial score (nSPS) is 12.5. The third-order valence-corrected chi connectivity index (χ3v) is 3.24. The van der Waals surface area contributed by atoms with Gasteiger partial charge in [-0.2, -0.15) is 0 Å². The van der Waals surface area contributed by atoms with Gasteiger partial charge in [-0.05, 0) is 34.3 Å². The highest BCUT2D eigenvalue weighted by Gasteiger charge is 2.20. The lowest BCUT2D eigenvalue weighted by Crippen LogP contribution is -2.30. The highest BCUT2D eigenvalue weighted by molar-refractivity contribution is 9.10. The van der Waals surface area contributed by atoms with Crippen molar-refractivity contribution in [2.75, 3.05) is 11.9 Å². The fourth-order valence-corrected chi connectivity index (χ4v) is 2.15. The Morgan fingerprint density at radius 3 is 2.63 bits per heavy atom. The maximum absolute atomic E-state index is 13.3. The van der Waals surface area contributed by atoms with Crippen LogP contribution in [0.15, 0.2) is 16.6 Å². The van der Waals surface area contributed by atoms with Crippen LogP contribution in [0, 0.1) is 21.8 Å². The summed E-state index contributed by atoms with van der Waals surface area (Å²) in [5, 5.41) is 13.9. The zero-order valence-electron chi connectivity index (χ0n) is 10.8. The van der Waals surface area contributed by atoms with Gasteiger partial charge < -0.3 is 11.1 Å². The van der Waals surface area contributed by atoms with E-state index in [9.17, 15) is 14.5 Å². The van der Waals surface area contributed by atoms with Crippen molar-refractivity contribution in [1.82, 2.24) is 0 Å². The van der Waals surface area contributed by atoms with E-state index in [0.717, 1.165) is 12.5 Å². The molecule has 1 atom stereocenters. The van der Waals surface area contributed by atoms with Gasteiger partial charge in [0.2, 0.25) is 0 Å². The Morgan fingerprint density at radius 2 is 2.16 bits per heavy atom. The second kappa shape index (κ2) is 6.81. The molecule has 0 amide bonds. The fourth-order valence-electron chi connectivity index (χ4n) is 1.81. The van der Waals surface area contributed by atoms with Gasteiger partial charge in [0, 0.05) is 12.6 Å². The van der Waals surface area contributed by atoms with Crippen molar-refractivity contribution in [2.24, 2.45) is 11.7 Å². The molecule has 106 valence electrons. The minimum atomic E-state index is -0.662. The second-order valence-corrected chi connectivity index (χ2v) is 5.60. The molecule has 0 radical (unpaired) electrons. The van der Waals surface area contributed by atoms with Crippen LogP contribution >= 0.6 is 15.9 Å². The molecule has 1 unspecified atom stereocenters. The molecule has 0 aliphatic heterocycles. The fraction of sp³-hybridized carbons (Fsp3) is 0.500. The highest BCUT2D eigenvalue weighted by Crippen LogP contribution is 2.31. The molecule has 5 nitrogen and oxygen atoms in total. The van der Waals surface area contributed by atoms with E-state index >= 15 is 0 Å². The molecule has 0 fully saturated rings. The number of nitrogens with two attached hydrogens (primary N) is 1. The van der Waals surface area contributed by atoms with E-state index < -0.39 is 10.7 Å². The minimum Gasteiger partial charge on any atom is -0.375 e. The molecule has 0 aromatic heterocycles. The standard InChI is InChI=1S/C12H17BrFN3O2/c1-7(2)3-8(6-15)16-11-4-9(13)10(14)5-12(11)17(18)19/h4-5,7-8,16H,3,6,15H2,1-2H3. The van der Waals surface area contributed by atoms with E-state index in [-0.39, 0.29) is 21.9 Å². The summed E-state index contributed by atoms with van der Waals surface area (Å²) in [6.07, 6.45) is 0.780. The van der Waals surface area contributed by atoms with Crippen LogP contribution in [-0.4, -0.2) is 17.5 Å². The predicted molar refractivity (Wildman–Crippen MR) is 76.7 cm³/mol. The van der Waals surface area contributed by atoms with Crippen molar-refractivity contribution < 1.29 is 9.31 Å². The quantitative estimate of drug-likeness (QED) is 0.618. The molecule has 0 heterocycles. The summed E-state index contributed by atoms with van der Waals surface area (Å²) < 4.78 is 13.5. The first-order valence-corrected chi connectivity index (χ1v) is 6.74. The zero-order chi connectivity index (χ0) is 14.6. The number of nitro groups is 1.